The van der Waals surface area contributed by atoms with E-state index in [1.165, 1.54) is 0 Å². The van der Waals surface area contributed by atoms with Crippen molar-refractivity contribution in [3.05, 3.63) is 0 Å². The van der Waals surface area contributed by atoms with Crippen molar-refractivity contribution >= 4 is 18.3 Å². The van der Waals surface area contributed by atoms with Crippen LogP contribution in [0.2, 0.25) is 0 Å². The van der Waals surface area contributed by atoms with Crippen LogP contribution in [0, 0.1) is 0 Å². The Labute approximate surface area is 113 Å². The SMILES string of the molecule is CCCC(N)C(=O)N1CCN(CC(F)F)CC1.Cl. The van der Waals surface area contributed by atoms with Gasteiger partial charge >= 0.3 is 0 Å². The molecule has 0 spiro atoms. The third-order valence-electron chi connectivity index (χ3n) is 3.00. The largest absolute Gasteiger partial charge is 0.339 e. The number of alkyl halides is 2. The van der Waals surface area contributed by atoms with Crippen LogP contribution in [0.1, 0.15) is 19.8 Å². The molecule has 1 atom stereocenters. The van der Waals surface area contributed by atoms with Crippen LogP contribution < -0.4 is 5.73 Å². The molecule has 0 aromatic heterocycles. The second-order valence-electron chi connectivity index (χ2n) is 4.41. The zero-order chi connectivity index (χ0) is 12.8. The van der Waals surface area contributed by atoms with Gasteiger partial charge in [0.1, 0.15) is 0 Å². The highest BCUT2D eigenvalue weighted by atomic mass is 35.5. The molecule has 108 valence electrons. The molecule has 0 aromatic rings. The molecule has 18 heavy (non-hydrogen) atoms. The molecule has 0 aromatic carbocycles. The first-order valence-electron chi connectivity index (χ1n) is 6.09. The van der Waals surface area contributed by atoms with Gasteiger partial charge < -0.3 is 10.6 Å². The van der Waals surface area contributed by atoms with Crippen molar-refractivity contribution in [2.45, 2.75) is 32.2 Å². The van der Waals surface area contributed by atoms with Gasteiger partial charge in [-0.2, -0.15) is 0 Å². The first kappa shape index (κ1) is 17.5. The van der Waals surface area contributed by atoms with E-state index < -0.39 is 12.5 Å². The zero-order valence-corrected chi connectivity index (χ0v) is 11.5. The van der Waals surface area contributed by atoms with Gasteiger partial charge in [-0.15, -0.1) is 12.4 Å². The topological polar surface area (TPSA) is 49.6 Å². The molecule has 1 heterocycles. The van der Waals surface area contributed by atoms with Gasteiger partial charge in [0.05, 0.1) is 12.6 Å². The fraction of sp³-hybridized carbons (Fsp3) is 0.909. The summed E-state index contributed by atoms with van der Waals surface area (Å²) >= 11 is 0. The number of nitrogens with two attached hydrogens (primary N) is 1. The van der Waals surface area contributed by atoms with Crippen LogP contribution in [0.3, 0.4) is 0 Å². The van der Waals surface area contributed by atoms with Crippen molar-refractivity contribution < 1.29 is 13.6 Å². The molecule has 1 fully saturated rings. The molecular formula is C11H22ClF2N3O. The molecule has 1 aliphatic rings. The third-order valence-corrected chi connectivity index (χ3v) is 3.00. The molecule has 1 amide bonds. The fourth-order valence-electron chi connectivity index (χ4n) is 2.01. The van der Waals surface area contributed by atoms with Gasteiger partial charge in [-0.25, -0.2) is 8.78 Å². The summed E-state index contributed by atoms with van der Waals surface area (Å²) in [4.78, 5) is 15.2. The summed E-state index contributed by atoms with van der Waals surface area (Å²) in [6, 6.07) is -0.443. The quantitative estimate of drug-likeness (QED) is 0.818. The number of hydrogen-bond acceptors (Lipinski definition) is 3. The number of piperazine rings is 1. The summed E-state index contributed by atoms with van der Waals surface area (Å²) < 4.78 is 24.3. The summed E-state index contributed by atoms with van der Waals surface area (Å²) in [5, 5.41) is 0. The minimum Gasteiger partial charge on any atom is -0.339 e. The molecule has 0 radical (unpaired) electrons. The van der Waals surface area contributed by atoms with Gasteiger partial charge in [0.25, 0.3) is 6.43 Å². The molecular weight excluding hydrogens is 264 g/mol. The monoisotopic (exact) mass is 285 g/mol. The number of carbonyl (C=O) groups is 1. The number of carbonyl (C=O) groups excluding carboxylic acids is 1. The van der Waals surface area contributed by atoms with Crippen molar-refractivity contribution in [2.75, 3.05) is 32.7 Å². The van der Waals surface area contributed by atoms with E-state index in [1.807, 2.05) is 6.92 Å². The lowest BCUT2D eigenvalue weighted by Crippen LogP contribution is -2.53. The predicted octanol–water partition coefficient (Wildman–Crippen LogP) is 0.945. The Balaban J connectivity index is 0.00000289. The molecule has 1 unspecified atom stereocenters. The van der Waals surface area contributed by atoms with Gasteiger partial charge in [0.15, 0.2) is 0 Å². The molecule has 7 heteroatoms. The zero-order valence-electron chi connectivity index (χ0n) is 10.6. The van der Waals surface area contributed by atoms with Crippen LogP contribution in [0.4, 0.5) is 8.78 Å². The van der Waals surface area contributed by atoms with E-state index >= 15 is 0 Å². The maximum Gasteiger partial charge on any atom is 0.251 e. The van der Waals surface area contributed by atoms with Crippen LogP contribution in [0.5, 0.6) is 0 Å². The molecule has 1 aliphatic heterocycles. The molecule has 2 N–H and O–H groups in total. The maximum atomic E-state index is 12.2. The predicted molar refractivity (Wildman–Crippen MR) is 69.2 cm³/mol. The van der Waals surface area contributed by atoms with Crippen LogP contribution in [-0.2, 0) is 4.79 Å². The van der Waals surface area contributed by atoms with Gasteiger partial charge in [-0.05, 0) is 6.42 Å². The van der Waals surface area contributed by atoms with Crippen LogP contribution in [0.25, 0.3) is 0 Å². The second-order valence-corrected chi connectivity index (χ2v) is 4.41. The van der Waals surface area contributed by atoms with Crippen molar-refractivity contribution in [3.63, 3.8) is 0 Å². The van der Waals surface area contributed by atoms with Gasteiger partial charge in [0.2, 0.25) is 5.91 Å². The van der Waals surface area contributed by atoms with E-state index in [-0.39, 0.29) is 24.9 Å². The summed E-state index contributed by atoms with van der Waals surface area (Å²) in [6.45, 7) is 3.80. The third kappa shape index (κ3) is 5.46. The number of rotatable bonds is 5. The van der Waals surface area contributed by atoms with E-state index in [0.29, 0.717) is 32.6 Å². The van der Waals surface area contributed by atoms with Crippen molar-refractivity contribution in [1.29, 1.82) is 0 Å². The molecule has 0 aliphatic carbocycles. The van der Waals surface area contributed by atoms with Crippen molar-refractivity contribution in [2.24, 2.45) is 5.73 Å². The number of halogens is 3. The first-order chi connectivity index (χ1) is 8.04. The van der Waals surface area contributed by atoms with Gasteiger partial charge in [-0.1, -0.05) is 13.3 Å². The standard InChI is InChI=1S/C11H21F2N3O.ClH/c1-2-3-9(14)11(17)16-6-4-15(5-7-16)8-10(12)13;/h9-10H,2-8,14H2,1H3;1H. The molecule has 0 bridgehead atoms. The average molecular weight is 286 g/mol. The summed E-state index contributed by atoms with van der Waals surface area (Å²) in [5.41, 5.74) is 5.75. The fourth-order valence-corrected chi connectivity index (χ4v) is 2.01. The highest BCUT2D eigenvalue weighted by molar-refractivity contribution is 5.85. The normalized spacial score (nSPS) is 18.6. The number of amides is 1. The lowest BCUT2D eigenvalue weighted by atomic mass is 10.1. The van der Waals surface area contributed by atoms with E-state index in [1.54, 1.807) is 9.80 Å². The molecule has 1 saturated heterocycles. The van der Waals surface area contributed by atoms with Gasteiger partial charge in [-0.3, -0.25) is 9.69 Å². The van der Waals surface area contributed by atoms with Crippen molar-refractivity contribution in [3.8, 4) is 0 Å². The maximum absolute atomic E-state index is 12.2. The Morgan fingerprint density at radius 1 is 1.28 bits per heavy atom. The minimum absolute atomic E-state index is 0. The average Bonchev–Trinajstić information content (AvgIpc) is 2.28. The molecule has 4 nitrogen and oxygen atoms in total. The van der Waals surface area contributed by atoms with E-state index in [2.05, 4.69) is 0 Å². The van der Waals surface area contributed by atoms with Crippen LogP contribution in [-0.4, -0.2) is 60.9 Å². The minimum atomic E-state index is -2.31. The highest BCUT2D eigenvalue weighted by Gasteiger charge is 2.25. The lowest BCUT2D eigenvalue weighted by molar-refractivity contribution is -0.134. The highest BCUT2D eigenvalue weighted by Crippen LogP contribution is 2.07. The van der Waals surface area contributed by atoms with E-state index in [4.69, 9.17) is 5.73 Å². The van der Waals surface area contributed by atoms with E-state index in [9.17, 15) is 13.6 Å². The first-order valence-corrected chi connectivity index (χ1v) is 6.09. The second kappa shape index (κ2) is 8.61. The molecule has 1 rings (SSSR count). The summed E-state index contributed by atoms with van der Waals surface area (Å²) in [5.74, 6) is -0.0523. The van der Waals surface area contributed by atoms with Crippen LogP contribution >= 0.6 is 12.4 Å². The lowest BCUT2D eigenvalue weighted by Gasteiger charge is -2.35. The summed E-state index contributed by atoms with van der Waals surface area (Å²) in [6.07, 6.45) is -0.756. The Morgan fingerprint density at radius 2 is 1.83 bits per heavy atom. The Morgan fingerprint density at radius 3 is 2.28 bits per heavy atom. The van der Waals surface area contributed by atoms with Gasteiger partial charge in [0, 0.05) is 26.2 Å². The Bertz CT molecular complexity index is 248. The molecule has 0 saturated carbocycles. The smallest absolute Gasteiger partial charge is 0.251 e. The van der Waals surface area contributed by atoms with E-state index in [0.717, 1.165) is 6.42 Å². The van der Waals surface area contributed by atoms with Crippen LogP contribution in [0.15, 0.2) is 0 Å². The summed E-state index contributed by atoms with van der Waals surface area (Å²) in [7, 11) is 0. The number of nitrogens with zero attached hydrogens (tertiary/aromatic N) is 2. The van der Waals surface area contributed by atoms with Crippen molar-refractivity contribution in [1.82, 2.24) is 9.80 Å². The number of hydrogen-bond donors (Lipinski definition) is 1. The Kier molecular flexibility index (Phi) is 8.39. The Hall–Kier alpha value is -0.460.